The van der Waals surface area contributed by atoms with E-state index in [0.29, 0.717) is 0 Å². The summed E-state index contributed by atoms with van der Waals surface area (Å²) in [5, 5.41) is 0. The molecule has 2 heteroatoms. The highest BCUT2D eigenvalue weighted by molar-refractivity contribution is 5.80. The average molecular weight is 339 g/mol. The van der Waals surface area contributed by atoms with Gasteiger partial charge in [0.2, 0.25) is 0 Å². The third kappa shape index (κ3) is 2.15. The summed E-state index contributed by atoms with van der Waals surface area (Å²) in [7, 11) is 0. The lowest BCUT2D eigenvalue weighted by Gasteiger charge is -2.09. The largest absolute Gasteiger partial charge is 0.312 e. The highest BCUT2D eigenvalue weighted by Crippen LogP contribution is 2.47. The molecule has 0 amide bonds. The van der Waals surface area contributed by atoms with E-state index in [2.05, 4.69) is 54.0 Å². The number of benzene rings is 3. The van der Waals surface area contributed by atoms with Crippen molar-refractivity contribution in [3.63, 3.8) is 0 Å². The molecule has 0 saturated heterocycles. The van der Waals surface area contributed by atoms with Crippen molar-refractivity contribution in [2.75, 3.05) is 0 Å². The van der Waals surface area contributed by atoms with Gasteiger partial charge in [-0.2, -0.15) is 0 Å². The summed E-state index contributed by atoms with van der Waals surface area (Å²) in [6.45, 7) is 2.21. The first kappa shape index (κ1) is 15.2. The fourth-order valence-corrected chi connectivity index (χ4v) is 4.11. The maximum absolute atomic E-state index is 14.0. The number of hydrogen-bond acceptors (Lipinski definition) is 0. The van der Waals surface area contributed by atoms with Gasteiger partial charge in [0.25, 0.3) is 0 Å². The van der Waals surface area contributed by atoms with Gasteiger partial charge >= 0.3 is 0 Å². The third-order valence-electron chi connectivity index (χ3n) is 5.30. The summed E-state index contributed by atoms with van der Waals surface area (Å²) >= 11 is 0. The molecule has 0 aliphatic carbocycles. The molecule has 1 aromatic heterocycles. The Hall–Kier alpha value is -3.13. The van der Waals surface area contributed by atoms with Crippen LogP contribution in [0, 0.1) is 5.82 Å². The molecule has 1 aliphatic rings. The van der Waals surface area contributed by atoms with Gasteiger partial charge in [-0.1, -0.05) is 73.7 Å². The van der Waals surface area contributed by atoms with E-state index in [9.17, 15) is 4.39 Å². The van der Waals surface area contributed by atoms with Gasteiger partial charge in [-0.05, 0) is 34.9 Å². The molecule has 126 valence electrons. The van der Waals surface area contributed by atoms with Crippen molar-refractivity contribution in [2.45, 2.75) is 12.8 Å². The van der Waals surface area contributed by atoms with Crippen molar-refractivity contribution in [3.05, 3.63) is 102 Å². The molecule has 1 aliphatic heterocycles. The van der Waals surface area contributed by atoms with Crippen LogP contribution in [0.5, 0.6) is 0 Å². The Morgan fingerprint density at radius 3 is 2.12 bits per heavy atom. The number of hydrogen-bond donors (Lipinski definition) is 0. The predicted molar refractivity (Wildman–Crippen MR) is 104 cm³/mol. The van der Waals surface area contributed by atoms with Crippen molar-refractivity contribution in [1.29, 1.82) is 0 Å². The molecule has 2 heterocycles. The summed E-state index contributed by atoms with van der Waals surface area (Å²) in [5.74, 6) is 0.0241. The van der Waals surface area contributed by atoms with Crippen molar-refractivity contribution >= 4 is 0 Å². The van der Waals surface area contributed by atoms with Gasteiger partial charge in [0, 0.05) is 17.2 Å². The minimum atomic E-state index is -0.197. The third-order valence-corrected chi connectivity index (χ3v) is 5.30. The fourth-order valence-electron chi connectivity index (χ4n) is 4.11. The van der Waals surface area contributed by atoms with Gasteiger partial charge in [0.1, 0.15) is 5.82 Å². The van der Waals surface area contributed by atoms with E-state index in [0.717, 1.165) is 16.9 Å². The minimum absolute atomic E-state index is 0.197. The lowest BCUT2D eigenvalue weighted by atomic mass is 9.94. The van der Waals surface area contributed by atoms with Gasteiger partial charge in [-0.3, -0.25) is 0 Å². The number of rotatable bonds is 2. The van der Waals surface area contributed by atoms with E-state index in [4.69, 9.17) is 0 Å². The normalized spacial score (nSPS) is 14.9. The molecule has 4 aromatic rings. The highest BCUT2D eigenvalue weighted by atomic mass is 19.1. The molecule has 1 nitrogen and oxygen atoms in total. The van der Waals surface area contributed by atoms with Crippen LogP contribution in [0.1, 0.15) is 24.1 Å². The summed E-state index contributed by atoms with van der Waals surface area (Å²) in [6, 6.07) is 28.1. The summed E-state index contributed by atoms with van der Waals surface area (Å²) < 4.78 is 16.3. The molecule has 0 saturated carbocycles. The molecule has 0 fully saturated rings. The first-order valence-electron chi connectivity index (χ1n) is 8.90. The Kier molecular flexibility index (Phi) is 3.32. The Labute approximate surface area is 152 Å². The van der Waals surface area contributed by atoms with Crippen LogP contribution >= 0.6 is 0 Å². The molecule has 0 spiro atoms. The van der Waals surface area contributed by atoms with E-state index in [1.54, 1.807) is 12.1 Å². The molecule has 0 N–H and O–H groups in total. The van der Waals surface area contributed by atoms with Gasteiger partial charge in [-0.25, -0.2) is 4.39 Å². The van der Waals surface area contributed by atoms with E-state index in [1.165, 1.54) is 22.4 Å². The summed E-state index contributed by atoms with van der Waals surface area (Å²) in [6.07, 6.45) is 0. The zero-order valence-electron chi connectivity index (χ0n) is 14.5. The zero-order chi connectivity index (χ0) is 17.7. The van der Waals surface area contributed by atoms with Crippen molar-refractivity contribution in [1.82, 2.24) is 4.57 Å². The maximum Gasteiger partial charge on any atom is 0.125 e. The Morgan fingerprint density at radius 1 is 0.769 bits per heavy atom. The van der Waals surface area contributed by atoms with Crippen LogP contribution in [-0.4, -0.2) is 4.57 Å². The lowest BCUT2D eigenvalue weighted by Crippen LogP contribution is -1.96. The maximum atomic E-state index is 14.0. The number of fused-ring (bicyclic) bond motifs is 3. The average Bonchev–Trinajstić information content (AvgIpc) is 3.21. The van der Waals surface area contributed by atoms with Gasteiger partial charge in [0.15, 0.2) is 0 Å². The van der Waals surface area contributed by atoms with Crippen LogP contribution < -0.4 is 0 Å². The lowest BCUT2D eigenvalue weighted by molar-refractivity contribution is 0.626. The van der Waals surface area contributed by atoms with Gasteiger partial charge in [0.05, 0.1) is 11.4 Å². The second-order valence-corrected chi connectivity index (χ2v) is 6.82. The van der Waals surface area contributed by atoms with Gasteiger partial charge < -0.3 is 4.57 Å². The molecular formula is C24H18FN. The molecular weight excluding hydrogens is 321 g/mol. The van der Waals surface area contributed by atoms with Gasteiger partial charge in [-0.15, -0.1) is 0 Å². The van der Waals surface area contributed by atoms with Crippen LogP contribution in [0.15, 0.2) is 84.9 Å². The minimum Gasteiger partial charge on any atom is -0.312 e. The Morgan fingerprint density at radius 2 is 1.42 bits per heavy atom. The first-order valence-corrected chi connectivity index (χ1v) is 8.90. The fraction of sp³-hybridized carbons (Fsp3) is 0.0833. The molecule has 3 aromatic carbocycles. The van der Waals surface area contributed by atoms with E-state index in [-0.39, 0.29) is 11.7 Å². The summed E-state index contributed by atoms with van der Waals surface area (Å²) in [4.78, 5) is 0. The smallest absolute Gasteiger partial charge is 0.125 e. The monoisotopic (exact) mass is 339 g/mol. The summed E-state index contributed by atoms with van der Waals surface area (Å²) in [5.41, 5.74) is 8.02. The predicted octanol–water partition coefficient (Wildman–Crippen LogP) is 6.42. The van der Waals surface area contributed by atoms with Crippen LogP contribution in [0.2, 0.25) is 0 Å². The van der Waals surface area contributed by atoms with Crippen LogP contribution in [-0.2, 0) is 0 Å². The second-order valence-electron chi connectivity index (χ2n) is 6.82. The standard InChI is InChI=1S/C24H18FN/c1-16-20-13-12-19(25)14-23(20)26-22(18-10-6-3-7-11-18)15-21(24(16)26)17-8-4-2-5-9-17/h2-16H,1H3. The first-order chi connectivity index (χ1) is 12.7. The van der Waals surface area contributed by atoms with E-state index in [1.807, 2.05) is 30.3 Å². The molecule has 26 heavy (non-hydrogen) atoms. The topological polar surface area (TPSA) is 4.93 Å². The SMILES string of the molecule is CC1c2ccc(F)cc2-n2c(-c3ccccc3)cc(-c3ccccc3)c21. The van der Waals surface area contributed by atoms with Crippen LogP contribution in [0.25, 0.3) is 28.1 Å². The van der Waals surface area contributed by atoms with Crippen LogP contribution in [0.4, 0.5) is 4.39 Å². The molecule has 1 atom stereocenters. The Bertz CT molecular complexity index is 1090. The van der Waals surface area contributed by atoms with E-state index >= 15 is 0 Å². The highest BCUT2D eigenvalue weighted by Gasteiger charge is 2.31. The Balaban J connectivity index is 1.85. The van der Waals surface area contributed by atoms with E-state index < -0.39 is 0 Å². The second kappa shape index (κ2) is 5.70. The number of aromatic nitrogens is 1. The van der Waals surface area contributed by atoms with Crippen molar-refractivity contribution in [3.8, 4) is 28.1 Å². The number of halogens is 1. The van der Waals surface area contributed by atoms with Crippen molar-refractivity contribution < 1.29 is 4.39 Å². The quantitative estimate of drug-likeness (QED) is 0.397. The molecule has 5 rings (SSSR count). The molecule has 1 unspecified atom stereocenters. The number of nitrogens with zero attached hydrogens (tertiary/aromatic N) is 1. The zero-order valence-corrected chi connectivity index (χ0v) is 14.5. The van der Waals surface area contributed by atoms with Crippen molar-refractivity contribution in [2.24, 2.45) is 0 Å². The molecule has 0 radical (unpaired) electrons. The van der Waals surface area contributed by atoms with Crippen LogP contribution in [0.3, 0.4) is 0 Å². The molecule has 0 bridgehead atoms.